The Labute approximate surface area is 116 Å². The molecule has 0 radical (unpaired) electrons. The molecule has 0 saturated carbocycles. The van der Waals surface area contributed by atoms with Gasteiger partial charge in [0.2, 0.25) is 0 Å². The van der Waals surface area contributed by atoms with E-state index in [4.69, 9.17) is 0 Å². The molecule has 0 fully saturated rings. The Hall–Kier alpha value is -1.81. The lowest BCUT2D eigenvalue weighted by Gasteiger charge is -2.17. The van der Waals surface area contributed by atoms with Gasteiger partial charge in [0.1, 0.15) is 17.5 Å². The lowest BCUT2D eigenvalue weighted by Crippen LogP contribution is -2.19. The van der Waals surface area contributed by atoms with Crippen LogP contribution in [0.4, 0.5) is 13.2 Å². The highest BCUT2D eigenvalue weighted by Crippen LogP contribution is 2.22. The Balaban J connectivity index is 2.26. The molecule has 20 heavy (non-hydrogen) atoms. The van der Waals surface area contributed by atoms with E-state index in [1.165, 1.54) is 18.2 Å². The molecule has 0 spiro atoms. The number of benzene rings is 2. The van der Waals surface area contributed by atoms with Crippen molar-refractivity contribution in [2.45, 2.75) is 19.4 Å². The highest BCUT2D eigenvalue weighted by Gasteiger charge is 2.14. The molecule has 1 atom stereocenters. The number of likely N-dealkylation sites (N-methyl/N-ethyl adjacent to an activating group) is 1. The van der Waals surface area contributed by atoms with Crippen LogP contribution in [0.3, 0.4) is 0 Å². The fourth-order valence-corrected chi connectivity index (χ4v) is 2.12. The van der Waals surface area contributed by atoms with Gasteiger partial charge in [0.05, 0.1) is 0 Å². The number of hydrogen-bond acceptors (Lipinski definition) is 1. The molecule has 1 nitrogen and oxygen atoms in total. The van der Waals surface area contributed by atoms with Crippen molar-refractivity contribution in [2.24, 2.45) is 0 Å². The molecule has 0 aliphatic heterocycles. The van der Waals surface area contributed by atoms with E-state index in [9.17, 15) is 13.2 Å². The van der Waals surface area contributed by atoms with Crippen LogP contribution >= 0.6 is 0 Å². The van der Waals surface area contributed by atoms with Gasteiger partial charge in [-0.05, 0) is 49.2 Å². The summed E-state index contributed by atoms with van der Waals surface area (Å²) in [7, 11) is 1.73. The summed E-state index contributed by atoms with van der Waals surface area (Å²) in [6, 6.07) is 8.21. The molecule has 2 aromatic carbocycles. The third kappa shape index (κ3) is 3.20. The first kappa shape index (κ1) is 14.6. The molecule has 0 saturated heterocycles. The highest BCUT2D eigenvalue weighted by molar-refractivity contribution is 5.28. The summed E-state index contributed by atoms with van der Waals surface area (Å²) in [5, 5.41) is 3.03. The van der Waals surface area contributed by atoms with Gasteiger partial charge < -0.3 is 5.32 Å². The number of nitrogens with one attached hydrogen (secondary N) is 1. The van der Waals surface area contributed by atoms with Crippen LogP contribution in [0.15, 0.2) is 36.4 Å². The van der Waals surface area contributed by atoms with Crippen molar-refractivity contribution in [3.05, 3.63) is 70.5 Å². The van der Waals surface area contributed by atoms with Crippen LogP contribution in [-0.4, -0.2) is 7.05 Å². The smallest absolute Gasteiger partial charge is 0.129 e. The van der Waals surface area contributed by atoms with E-state index in [0.29, 0.717) is 17.5 Å². The van der Waals surface area contributed by atoms with Gasteiger partial charge in [-0.1, -0.05) is 18.2 Å². The van der Waals surface area contributed by atoms with E-state index in [2.05, 4.69) is 5.32 Å². The topological polar surface area (TPSA) is 12.0 Å². The molecule has 0 aliphatic carbocycles. The van der Waals surface area contributed by atoms with Gasteiger partial charge in [-0.25, -0.2) is 13.2 Å². The van der Waals surface area contributed by atoms with Crippen LogP contribution in [-0.2, 0) is 6.42 Å². The molecule has 1 unspecified atom stereocenters. The third-order valence-corrected chi connectivity index (χ3v) is 3.39. The van der Waals surface area contributed by atoms with Crippen molar-refractivity contribution in [1.29, 1.82) is 0 Å². The number of halogens is 3. The lowest BCUT2D eigenvalue weighted by molar-refractivity contribution is 0.537. The van der Waals surface area contributed by atoms with Gasteiger partial charge in [-0.3, -0.25) is 0 Å². The van der Waals surface area contributed by atoms with Crippen molar-refractivity contribution in [3.63, 3.8) is 0 Å². The SMILES string of the molecule is CNC(Cc1ccc(F)cc1F)c1ccc(C)c(F)c1. The standard InChI is InChI=1S/C16H16F3N/c1-10-3-4-12(7-14(10)18)16(20-2)8-11-5-6-13(17)9-15(11)19/h3-7,9,16,20H,8H2,1-2H3. The van der Waals surface area contributed by atoms with Gasteiger partial charge in [-0.15, -0.1) is 0 Å². The van der Waals surface area contributed by atoms with Crippen molar-refractivity contribution in [3.8, 4) is 0 Å². The molecule has 0 aliphatic rings. The average molecular weight is 279 g/mol. The van der Waals surface area contributed by atoms with E-state index in [1.807, 2.05) is 0 Å². The van der Waals surface area contributed by atoms with Crippen molar-refractivity contribution in [2.75, 3.05) is 7.05 Å². The lowest BCUT2D eigenvalue weighted by atomic mass is 9.97. The van der Waals surface area contributed by atoms with Crippen molar-refractivity contribution < 1.29 is 13.2 Å². The Bertz CT molecular complexity index is 611. The van der Waals surface area contributed by atoms with Gasteiger partial charge in [0.15, 0.2) is 0 Å². The maximum absolute atomic E-state index is 13.7. The van der Waals surface area contributed by atoms with E-state index < -0.39 is 11.6 Å². The molecular weight excluding hydrogens is 263 g/mol. The van der Waals surface area contributed by atoms with Crippen LogP contribution in [0, 0.1) is 24.4 Å². The summed E-state index contributed by atoms with van der Waals surface area (Å²) >= 11 is 0. The predicted octanol–water partition coefficient (Wildman–Crippen LogP) is 3.92. The fourth-order valence-electron chi connectivity index (χ4n) is 2.12. The van der Waals surface area contributed by atoms with Gasteiger partial charge in [-0.2, -0.15) is 0 Å². The summed E-state index contributed by atoms with van der Waals surface area (Å²) in [5.41, 5.74) is 1.70. The van der Waals surface area contributed by atoms with Crippen molar-refractivity contribution in [1.82, 2.24) is 5.32 Å². The first-order valence-electron chi connectivity index (χ1n) is 6.38. The Morgan fingerprint density at radius 3 is 2.35 bits per heavy atom. The summed E-state index contributed by atoms with van der Waals surface area (Å²) in [4.78, 5) is 0. The molecule has 0 bridgehead atoms. The van der Waals surface area contributed by atoms with Gasteiger partial charge >= 0.3 is 0 Å². The van der Waals surface area contributed by atoms with Crippen LogP contribution < -0.4 is 5.32 Å². The van der Waals surface area contributed by atoms with Gasteiger partial charge in [0, 0.05) is 12.1 Å². The van der Waals surface area contributed by atoms with E-state index >= 15 is 0 Å². The Morgan fingerprint density at radius 1 is 1.00 bits per heavy atom. The van der Waals surface area contributed by atoms with E-state index in [-0.39, 0.29) is 11.9 Å². The zero-order valence-electron chi connectivity index (χ0n) is 11.4. The summed E-state index contributed by atoms with van der Waals surface area (Å²) in [6.07, 6.45) is 0.325. The molecular formula is C16H16F3N. The first-order valence-corrected chi connectivity index (χ1v) is 6.38. The van der Waals surface area contributed by atoms with E-state index in [1.54, 1.807) is 26.1 Å². The largest absolute Gasteiger partial charge is 0.313 e. The zero-order chi connectivity index (χ0) is 14.7. The molecule has 1 N–H and O–H groups in total. The minimum atomic E-state index is -0.603. The molecule has 0 aromatic heterocycles. The molecule has 2 rings (SSSR count). The molecule has 2 aromatic rings. The van der Waals surface area contributed by atoms with Crippen LogP contribution in [0.5, 0.6) is 0 Å². The number of hydrogen-bond donors (Lipinski definition) is 1. The molecule has 4 heteroatoms. The van der Waals surface area contributed by atoms with Crippen LogP contribution in [0.2, 0.25) is 0 Å². The second-order valence-corrected chi connectivity index (χ2v) is 4.79. The number of rotatable bonds is 4. The Kier molecular flexibility index (Phi) is 4.45. The molecule has 106 valence electrons. The average Bonchev–Trinajstić information content (AvgIpc) is 2.41. The highest BCUT2D eigenvalue weighted by atomic mass is 19.1. The maximum atomic E-state index is 13.7. The van der Waals surface area contributed by atoms with Crippen molar-refractivity contribution >= 4 is 0 Å². The predicted molar refractivity (Wildman–Crippen MR) is 73.0 cm³/mol. The second-order valence-electron chi connectivity index (χ2n) is 4.79. The molecule has 0 amide bonds. The van der Waals surface area contributed by atoms with E-state index in [0.717, 1.165) is 11.6 Å². The summed E-state index contributed by atoms with van der Waals surface area (Å²) in [6.45, 7) is 1.69. The quantitative estimate of drug-likeness (QED) is 0.894. The summed E-state index contributed by atoms with van der Waals surface area (Å²) < 4.78 is 40.1. The van der Waals surface area contributed by atoms with Crippen LogP contribution in [0.1, 0.15) is 22.7 Å². The zero-order valence-corrected chi connectivity index (χ0v) is 11.4. The Morgan fingerprint density at radius 2 is 1.75 bits per heavy atom. The minimum Gasteiger partial charge on any atom is -0.313 e. The normalized spacial score (nSPS) is 12.4. The number of aryl methyl sites for hydroxylation is 1. The van der Waals surface area contributed by atoms with Crippen LogP contribution in [0.25, 0.3) is 0 Å². The fraction of sp³-hybridized carbons (Fsp3) is 0.250. The first-order chi connectivity index (χ1) is 9.51. The second kappa shape index (κ2) is 6.09. The van der Waals surface area contributed by atoms with Gasteiger partial charge in [0.25, 0.3) is 0 Å². The molecule has 0 heterocycles. The maximum Gasteiger partial charge on any atom is 0.129 e. The monoisotopic (exact) mass is 279 g/mol. The third-order valence-electron chi connectivity index (χ3n) is 3.39. The summed E-state index contributed by atoms with van der Waals surface area (Å²) in [5.74, 6) is -1.48. The minimum absolute atomic E-state index is 0.231.